The Balaban J connectivity index is 1.20. The predicted octanol–water partition coefficient (Wildman–Crippen LogP) is 3.92. The zero-order valence-electron chi connectivity index (χ0n) is 18.4. The van der Waals surface area contributed by atoms with Gasteiger partial charge in [-0.15, -0.1) is 0 Å². The van der Waals surface area contributed by atoms with Crippen LogP contribution in [0.1, 0.15) is 29.3 Å². The molecule has 3 aromatic rings. The summed E-state index contributed by atoms with van der Waals surface area (Å²) in [4.78, 5) is 17.0. The van der Waals surface area contributed by atoms with Gasteiger partial charge in [-0.05, 0) is 29.7 Å². The minimum Gasteiger partial charge on any atom is -0.368 e. The second-order valence-electron chi connectivity index (χ2n) is 8.58. The molecule has 0 aliphatic carbocycles. The van der Waals surface area contributed by atoms with Crippen LogP contribution >= 0.6 is 0 Å². The number of para-hydroxylation sites is 1. The van der Waals surface area contributed by atoms with Gasteiger partial charge in [0, 0.05) is 69.7 Å². The van der Waals surface area contributed by atoms with Crippen LogP contribution in [0.5, 0.6) is 0 Å². The molecule has 2 aliphatic rings. The van der Waals surface area contributed by atoms with Crippen LogP contribution in [0.2, 0.25) is 0 Å². The molecule has 3 heterocycles. The fraction of sp³-hybridized carbons (Fsp3) is 0.385. The van der Waals surface area contributed by atoms with E-state index in [4.69, 9.17) is 9.97 Å². The van der Waals surface area contributed by atoms with E-state index in [1.165, 1.54) is 28.1 Å². The molecule has 0 atom stereocenters. The molecule has 0 N–H and O–H groups in total. The average Bonchev–Trinajstić information content (AvgIpc) is 2.85. The van der Waals surface area contributed by atoms with Gasteiger partial charge < -0.3 is 9.80 Å². The van der Waals surface area contributed by atoms with E-state index in [1.54, 1.807) is 0 Å². The van der Waals surface area contributed by atoms with E-state index in [1.807, 2.05) is 0 Å². The van der Waals surface area contributed by atoms with Crippen molar-refractivity contribution in [2.75, 3.05) is 42.5 Å². The highest BCUT2D eigenvalue weighted by molar-refractivity contribution is 5.48. The highest BCUT2D eigenvalue weighted by atomic mass is 15.3. The van der Waals surface area contributed by atoms with Crippen molar-refractivity contribution in [1.29, 1.82) is 0 Å². The maximum Gasteiger partial charge on any atom is 0.225 e. The van der Waals surface area contributed by atoms with Gasteiger partial charge in [0.15, 0.2) is 0 Å². The largest absolute Gasteiger partial charge is 0.368 e. The number of nitrogens with zero attached hydrogens (tertiary/aromatic N) is 5. The molecule has 5 nitrogen and oxygen atoms in total. The minimum absolute atomic E-state index is 0.898. The molecule has 2 aromatic carbocycles. The molecule has 2 aliphatic heterocycles. The molecule has 0 bridgehead atoms. The molecule has 0 spiro atoms. The van der Waals surface area contributed by atoms with Gasteiger partial charge in [0.05, 0.1) is 5.69 Å². The Morgan fingerprint density at radius 2 is 1.52 bits per heavy atom. The van der Waals surface area contributed by atoms with Crippen LogP contribution in [-0.4, -0.2) is 47.6 Å². The fourth-order valence-corrected chi connectivity index (χ4v) is 4.59. The third kappa shape index (κ3) is 4.57. The van der Waals surface area contributed by atoms with Crippen molar-refractivity contribution in [3.05, 3.63) is 83.2 Å². The van der Waals surface area contributed by atoms with Gasteiger partial charge in [0.2, 0.25) is 5.95 Å². The number of hydrogen-bond donors (Lipinski definition) is 0. The Morgan fingerprint density at radius 1 is 0.806 bits per heavy atom. The summed E-state index contributed by atoms with van der Waals surface area (Å²) in [5, 5.41) is 0. The molecule has 0 saturated carbocycles. The topological polar surface area (TPSA) is 35.5 Å². The monoisotopic (exact) mass is 413 g/mol. The van der Waals surface area contributed by atoms with Gasteiger partial charge in [0.25, 0.3) is 0 Å². The highest BCUT2D eigenvalue weighted by Crippen LogP contribution is 2.23. The second kappa shape index (κ2) is 9.06. The lowest BCUT2D eigenvalue weighted by molar-refractivity contribution is 0.243. The number of benzene rings is 2. The first-order valence-corrected chi connectivity index (χ1v) is 11.5. The normalized spacial score (nSPS) is 16.9. The number of fused-ring (bicyclic) bond motifs is 1. The third-order valence-corrected chi connectivity index (χ3v) is 6.52. The first kappa shape index (κ1) is 20.0. The number of piperazine rings is 1. The lowest BCUT2D eigenvalue weighted by atomic mass is 10.1. The molecular formula is C26H31N5. The molecule has 1 aromatic heterocycles. The summed E-state index contributed by atoms with van der Waals surface area (Å²) in [7, 11) is 0. The predicted molar refractivity (Wildman–Crippen MR) is 127 cm³/mol. The van der Waals surface area contributed by atoms with Crippen molar-refractivity contribution in [2.45, 2.75) is 32.9 Å². The Labute approximate surface area is 185 Å². The van der Waals surface area contributed by atoms with E-state index in [0.29, 0.717) is 0 Å². The van der Waals surface area contributed by atoms with Crippen LogP contribution in [0.4, 0.5) is 11.6 Å². The number of rotatable bonds is 5. The summed E-state index contributed by atoms with van der Waals surface area (Å²) in [5.41, 5.74) is 6.60. The smallest absolute Gasteiger partial charge is 0.225 e. The number of aryl methyl sites for hydroxylation is 1. The number of hydrogen-bond acceptors (Lipinski definition) is 5. The van der Waals surface area contributed by atoms with Crippen molar-refractivity contribution < 1.29 is 0 Å². The van der Waals surface area contributed by atoms with Gasteiger partial charge in [-0.25, -0.2) is 9.97 Å². The molecule has 1 saturated heterocycles. The average molecular weight is 414 g/mol. The Kier molecular flexibility index (Phi) is 5.85. The summed E-state index contributed by atoms with van der Waals surface area (Å²) in [6.45, 7) is 9.14. The molecule has 0 unspecified atom stereocenters. The molecular weight excluding hydrogens is 382 g/mol. The number of aromatic nitrogens is 2. The SMILES string of the molecule is CCc1ccc(CN2CCc3nc(N4CCN(c5ccccc5)CC4)ncc3C2)cc1. The van der Waals surface area contributed by atoms with Crippen molar-refractivity contribution in [2.24, 2.45) is 0 Å². The minimum atomic E-state index is 0.898. The maximum atomic E-state index is 4.97. The van der Waals surface area contributed by atoms with Gasteiger partial charge >= 0.3 is 0 Å². The maximum absolute atomic E-state index is 4.97. The lowest BCUT2D eigenvalue weighted by Gasteiger charge is -2.36. The van der Waals surface area contributed by atoms with Crippen LogP contribution in [0, 0.1) is 0 Å². The zero-order chi connectivity index (χ0) is 21.0. The van der Waals surface area contributed by atoms with Gasteiger partial charge in [0.1, 0.15) is 0 Å². The zero-order valence-corrected chi connectivity index (χ0v) is 18.4. The van der Waals surface area contributed by atoms with E-state index >= 15 is 0 Å². The van der Waals surface area contributed by atoms with E-state index in [9.17, 15) is 0 Å². The molecule has 1 fully saturated rings. The fourth-order valence-electron chi connectivity index (χ4n) is 4.59. The van der Waals surface area contributed by atoms with Crippen molar-refractivity contribution in [3.8, 4) is 0 Å². The van der Waals surface area contributed by atoms with Gasteiger partial charge in [-0.2, -0.15) is 0 Å². The van der Waals surface area contributed by atoms with E-state index in [-0.39, 0.29) is 0 Å². The molecule has 5 rings (SSSR count). The Hall–Kier alpha value is -2.92. The van der Waals surface area contributed by atoms with Crippen LogP contribution in [0.25, 0.3) is 0 Å². The molecule has 160 valence electrons. The molecule has 0 radical (unpaired) electrons. The molecule has 5 heteroatoms. The van der Waals surface area contributed by atoms with Crippen molar-refractivity contribution in [1.82, 2.24) is 14.9 Å². The summed E-state index contributed by atoms with van der Waals surface area (Å²) < 4.78 is 0. The van der Waals surface area contributed by atoms with E-state index in [0.717, 1.165) is 64.6 Å². The van der Waals surface area contributed by atoms with E-state index in [2.05, 4.69) is 82.4 Å². The summed E-state index contributed by atoms with van der Waals surface area (Å²) >= 11 is 0. The van der Waals surface area contributed by atoms with Crippen LogP contribution in [0.15, 0.2) is 60.8 Å². The lowest BCUT2D eigenvalue weighted by Crippen LogP contribution is -2.47. The standard InChI is InChI=1S/C26H31N5/c1-2-21-8-10-22(11-9-21)19-29-13-12-25-23(20-29)18-27-26(28-25)31-16-14-30(15-17-31)24-6-4-3-5-7-24/h3-11,18H,2,12-17,19-20H2,1H3. The second-order valence-corrected chi connectivity index (χ2v) is 8.58. The quantitative estimate of drug-likeness (QED) is 0.633. The van der Waals surface area contributed by atoms with E-state index < -0.39 is 0 Å². The summed E-state index contributed by atoms with van der Waals surface area (Å²) in [6, 6.07) is 19.7. The highest BCUT2D eigenvalue weighted by Gasteiger charge is 2.23. The van der Waals surface area contributed by atoms with Gasteiger partial charge in [-0.3, -0.25) is 4.90 Å². The third-order valence-electron chi connectivity index (χ3n) is 6.52. The first-order chi connectivity index (χ1) is 15.3. The van der Waals surface area contributed by atoms with Crippen molar-refractivity contribution >= 4 is 11.6 Å². The molecule has 31 heavy (non-hydrogen) atoms. The Bertz CT molecular complexity index is 994. The number of anilines is 2. The first-order valence-electron chi connectivity index (χ1n) is 11.5. The summed E-state index contributed by atoms with van der Waals surface area (Å²) in [6.07, 6.45) is 4.16. The van der Waals surface area contributed by atoms with Gasteiger partial charge in [-0.1, -0.05) is 49.4 Å². The van der Waals surface area contributed by atoms with Crippen LogP contribution in [0.3, 0.4) is 0 Å². The van der Waals surface area contributed by atoms with Crippen LogP contribution in [-0.2, 0) is 25.9 Å². The Morgan fingerprint density at radius 3 is 2.26 bits per heavy atom. The summed E-state index contributed by atoms with van der Waals surface area (Å²) in [5.74, 6) is 0.898. The van der Waals surface area contributed by atoms with Crippen LogP contribution < -0.4 is 9.80 Å². The van der Waals surface area contributed by atoms with Crippen molar-refractivity contribution in [3.63, 3.8) is 0 Å². The molecule has 0 amide bonds.